The molecule has 0 spiro atoms. The van der Waals surface area contributed by atoms with E-state index in [1.165, 1.54) is 12.8 Å². The van der Waals surface area contributed by atoms with Gasteiger partial charge < -0.3 is 15.0 Å². The molecule has 1 aromatic carbocycles. The molecule has 132 valence electrons. The summed E-state index contributed by atoms with van der Waals surface area (Å²) in [5.41, 5.74) is 2.50. The van der Waals surface area contributed by atoms with Crippen LogP contribution in [0, 0.1) is 12.8 Å². The predicted octanol–water partition coefficient (Wildman–Crippen LogP) is 1.85. The Hall–Kier alpha value is -1.92. The van der Waals surface area contributed by atoms with E-state index in [2.05, 4.69) is 20.2 Å². The topological polar surface area (TPSA) is 70.2 Å². The van der Waals surface area contributed by atoms with E-state index in [1.54, 1.807) is 0 Å². The highest BCUT2D eigenvalue weighted by molar-refractivity contribution is 5.97. The van der Waals surface area contributed by atoms with Crippen LogP contribution in [0.25, 0.3) is 11.0 Å². The maximum Gasteiger partial charge on any atom is 0.251 e. The van der Waals surface area contributed by atoms with Crippen molar-refractivity contribution >= 4 is 16.9 Å². The lowest BCUT2D eigenvalue weighted by Gasteiger charge is -2.35. The van der Waals surface area contributed by atoms with Crippen molar-refractivity contribution in [1.29, 1.82) is 0 Å². The molecule has 5 rings (SSSR count). The van der Waals surface area contributed by atoms with Crippen LogP contribution >= 0.6 is 0 Å². The van der Waals surface area contributed by atoms with Crippen molar-refractivity contribution < 1.29 is 9.53 Å². The summed E-state index contributed by atoms with van der Waals surface area (Å²) in [5.74, 6) is 1.64. The molecule has 1 aromatic heterocycles. The number of rotatable bonds is 3. The number of aromatic nitrogens is 2. The van der Waals surface area contributed by atoms with Gasteiger partial charge in [-0.3, -0.25) is 9.69 Å². The molecule has 0 radical (unpaired) electrons. The Morgan fingerprint density at radius 3 is 3.08 bits per heavy atom. The molecule has 3 heterocycles. The van der Waals surface area contributed by atoms with Gasteiger partial charge in [0.15, 0.2) is 0 Å². The van der Waals surface area contributed by atoms with Crippen molar-refractivity contribution in [2.24, 2.45) is 5.92 Å². The summed E-state index contributed by atoms with van der Waals surface area (Å²) in [6, 6.07) is 6.31. The highest BCUT2D eigenvalue weighted by atomic mass is 16.5. The number of aromatic amines is 1. The van der Waals surface area contributed by atoms with Gasteiger partial charge in [-0.25, -0.2) is 4.98 Å². The Bertz CT molecular complexity index is 813. The first-order valence-electron chi connectivity index (χ1n) is 9.28. The van der Waals surface area contributed by atoms with E-state index in [9.17, 15) is 4.79 Å². The fraction of sp³-hybridized carbons (Fsp3) is 0.579. The number of fused-ring (bicyclic) bond motifs is 2. The number of hydrogen-bond acceptors (Lipinski definition) is 4. The normalized spacial score (nSPS) is 29.7. The maximum absolute atomic E-state index is 12.6. The number of nitrogens with zero attached hydrogens (tertiary/aromatic N) is 2. The average Bonchev–Trinajstić information content (AvgIpc) is 3.26. The molecule has 3 fully saturated rings. The monoisotopic (exact) mass is 340 g/mol. The molecule has 0 bridgehead atoms. The van der Waals surface area contributed by atoms with Gasteiger partial charge in [-0.15, -0.1) is 0 Å². The number of carbonyl (C=O) groups is 1. The second-order valence-electron chi connectivity index (χ2n) is 7.78. The number of aryl methyl sites for hydroxylation is 1. The number of ether oxygens (including phenoxy) is 1. The zero-order chi connectivity index (χ0) is 17.0. The molecule has 1 amide bonds. The van der Waals surface area contributed by atoms with Gasteiger partial charge in [0.2, 0.25) is 0 Å². The van der Waals surface area contributed by atoms with E-state index in [4.69, 9.17) is 4.74 Å². The summed E-state index contributed by atoms with van der Waals surface area (Å²) in [4.78, 5) is 22.7. The lowest BCUT2D eigenvalue weighted by atomic mass is 10.1. The molecule has 2 N–H and O–H groups in total. The molecule has 2 aliphatic heterocycles. The number of benzene rings is 1. The van der Waals surface area contributed by atoms with E-state index in [-0.39, 0.29) is 11.9 Å². The zero-order valence-electron chi connectivity index (χ0n) is 14.5. The summed E-state index contributed by atoms with van der Waals surface area (Å²) in [7, 11) is 0. The Morgan fingerprint density at radius 2 is 2.24 bits per heavy atom. The molecular weight excluding hydrogens is 316 g/mol. The van der Waals surface area contributed by atoms with Crippen LogP contribution in [0.4, 0.5) is 0 Å². The molecule has 6 heteroatoms. The molecule has 1 saturated carbocycles. The Balaban J connectivity index is 1.24. The number of carbonyl (C=O) groups excluding carboxylic acids is 1. The number of nitrogens with one attached hydrogen (secondary N) is 2. The largest absolute Gasteiger partial charge is 0.375 e. The highest BCUT2D eigenvalue weighted by Gasteiger charge is 2.42. The summed E-state index contributed by atoms with van der Waals surface area (Å²) in [6.07, 6.45) is 4.03. The van der Waals surface area contributed by atoms with Crippen molar-refractivity contribution in [1.82, 2.24) is 20.2 Å². The lowest BCUT2D eigenvalue weighted by Crippen LogP contribution is -2.47. The first-order chi connectivity index (χ1) is 12.2. The van der Waals surface area contributed by atoms with Crippen LogP contribution in [0.5, 0.6) is 0 Å². The van der Waals surface area contributed by atoms with E-state index >= 15 is 0 Å². The highest BCUT2D eigenvalue weighted by Crippen LogP contribution is 2.37. The van der Waals surface area contributed by atoms with Gasteiger partial charge >= 0.3 is 0 Å². The van der Waals surface area contributed by atoms with Crippen molar-refractivity contribution in [3.05, 3.63) is 29.6 Å². The zero-order valence-corrected chi connectivity index (χ0v) is 14.5. The minimum atomic E-state index is -0.00124. The van der Waals surface area contributed by atoms with Gasteiger partial charge in [-0.05, 0) is 50.3 Å². The molecule has 3 atom stereocenters. The first kappa shape index (κ1) is 15.3. The van der Waals surface area contributed by atoms with Gasteiger partial charge in [0, 0.05) is 30.7 Å². The number of amides is 1. The van der Waals surface area contributed by atoms with Crippen molar-refractivity contribution in [2.45, 2.75) is 44.4 Å². The third-order valence-corrected chi connectivity index (χ3v) is 5.79. The predicted molar refractivity (Wildman–Crippen MR) is 94.5 cm³/mol. The standard InChI is InChI=1S/C19H24N4O2/c1-11-20-16-5-4-13(6-17(16)21-11)19(24)22-14-7-15-10-25-18(12-2-3-12)9-23(15)8-14/h4-6,12,14-15,18H,2-3,7-10H2,1H3,(H,20,21)(H,22,24)/t14-,15-,18+/m0/s1. The van der Waals surface area contributed by atoms with Gasteiger partial charge in [-0.2, -0.15) is 0 Å². The Morgan fingerprint density at radius 1 is 1.36 bits per heavy atom. The summed E-state index contributed by atoms with van der Waals surface area (Å²) in [6.45, 7) is 4.70. The SMILES string of the molecule is Cc1nc2ccc(C(=O)N[C@H]3C[C@H]4CO[C@@H](C5CC5)CN4C3)cc2[nH]1. The van der Waals surface area contributed by atoms with Crippen LogP contribution in [0.15, 0.2) is 18.2 Å². The second-order valence-corrected chi connectivity index (χ2v) is 7.78. The summed E-state index contributed by atoms with van der Waals surface area (Å²) < 4.78 is 6.04. The molecule has 2 saturated heterocycles. The van der Waals surface area contributed by atoms with E-state index < -0.39 is 0 Å². The fourth-order valence-corrected chi connectivity index (χ4v) is 4.30. The molecule has 1 aliphatic carbocycles. The molecular formula is C19H24N4O2. The Labute approximate surface area is 146 Å². The number of imidazole rings is 1. The van der Waals surface area contributed by atoms with Crippen molar-refractivity contribution in [3.63, 3.8) is 0 Å². The van der Waals surface area contributed by atoms with Crippen LogP contribution in [-0.4, -0.2) is 58.7 Å². The average molecular weight is 340 g/mol. The van der Waals surface area contributed by atoms with Crippen LogP contribution < -0.4 is 5.32 Å². The summed E-state index contributed by atoms with van der Waals surface area (Å²) in [5, 5.41) is 3.21. The maximum atomic E-state index is 12.6. The van der Waals surface area contributed by atoms with Crippen molar-refractivity contribution in [3.8, 4) is 0 Å². The van der Waals surface area contributed by atoms with Gasteiger partial charge in [0.25, 0.3) is 5.91 Å². The van der Waals surface area contributed by atoms with Crippen LogP contribution in [0.2, 0.25) is 0 Å². The summed E-state index contributed by atoms with van der Waals surface area (Å²) >= 11 is 0. The third kappa shape index (κ3) is 2.93. The molecule has 0 unspecified atom stereocenters. The van der Waals surface area contributed by atoms with Gasteiger partial charge in [0.1, 0.15) is 5.82 Å². The van der Waals surface area contributed by atoms with Gasteiger partial charge in [-0.1, -0.05) is 0 Å². The number of morpholine rings is 1. The molecule has 25 heavy (non-hydrogen) atoms. The molecule has 2 aromatic rings. The number of hydrogen-bond donors (Lipinski definition) is 2. The quantitative estimate of drug-likeness (QED) is 0.895. The van der Waals surface area contributed by atoms with Gasteiger partial charge in [0.05, 0.1) is 23.7 Å². The van der Waals surface area contributed by atoms with E-state index in [0.717, 1.165) is 48.9 Å². The van der Waals surface area contributed by atoms with E-state index in [1.807, 2.05) is 25.1 Å². The minimum Gasteiger partial charge on any atom is -0.375 e. The van der Waals surface area contributed by atoms with Crippen LogP contribution in [0.3, 0.4) is 0 Å². The fourth-order valence-electron chi connectivity index (χ4n) is 4.30. The second kappa shape index (κ2) is 5.81. The lowest BCUT2D eigenvalue weighted by molar-refractivity contribution is -0.0581. The molecule has 3 aliphatic rings. The Kier molecular flexibility index (Phi) is 3.57. The minimum absolute atomic E-state index is 0.00124. The van der Waals surface area contributed by atoms with E-state index in [0.29, 0.717) is 17.7 Å². The smallest absolute Gasteiger partial charge is 0.251 e. The van der Waals surface area contributed by atoms with Crippen LogP contribution in [-0.2, 0) is 4.74 Å². The van der Waals surface area contributed by atoms with Crippen molar-refractivity contribution in [2.75, 3.05) is 19.7 Å². The number of H-pyrrole nitrogens is 1. The molecule has 6 nitrogen and oxygen atoms in total. The first-order valence-corrected chi connectivity index (χ1v) is 9.28. The third-order valence-electron chi connectivity index (χ3n) is 5.79. The van der Waals surface area contributed by atoms with Crippen LogP contribution in [0.1, 0.15) is 35.4 Å².